The molecule has 0 aromatic heterocycles. The summed E-state index contributed by atoms with van der Waals surface area (Å²) in [7, 11) is 1.24. The number of methoxy groups -OCH3 is 1. The van der Waals surface area contributed by atoms with Gasteiger partial charge in [0, 0.05) is 10.0 Å². The molecule has 1 heterocycles. The number of nitrogens with zero attached hydrogens (tertiary/aromatic N) is 1. The fourth-order valence-corrected chi connectivity index (χ4v) is 2.99. The number of carbonyl (C=O) groups excluding carboxylic acids is 4. The number of imide groups is 2. The molecule has 1 N–H and O–H groups in total. The Morgan fingerprint density at radius 2 is 1.75 bits per heavy atom. The maximum absolute atomic E-state index is 12.8. The fraction of sp³-hybridized carbons (Fsp3) is 0.0526. The molecule has 0 spiro atoms. The molecule has 0 bridgehead atoms. The number of nitrogens with one attached hydrogen (secondary N) is 1. The monoisotopic (exact) mass is 418 g/mol. The van der Waals surface area contributed by atoms with E-state index in [2.05, 4.69) is 10.1 Å². The van der Waals surface area contributed by atoms with E-state index in [9.17, 15) is 19.2 Å². The van der Waals surface area contributed by atoms with Gasteiger partial charge in [0.2, 0.25) is 0 Å². The zero-order valence-corrected chi connectivity index (χ0v) is 15.9. The number of carbonyl (C=O) groups is 4. The van der Waals surface area contributed by atoms with Gasteiger partial charge in [-0.15, -0.1) is 0 Å². The van der Waals surface area contributed by atoms with Gasteiger partial charge < -0.3 is 4.74 Å². The van der Waals surface area contributed by atoms with Crippen molar-refractivity contribution in [3.63, 3.8) is 0 Å². The number of urea groups is 1. The summed E-state index contributed by atoms with van der Waals surface area (Å²) in [6.07, 6.45) is 1.28. The third kappa shape index (κ3) is 3.76. The van der Waals surface area contributed by atoms with Crippen molar-refractivity contribution in [2.45, 2.75) is 0 Å². The number of hydrogen-bond donors (Lipinski definition) is 1. The first-order chi connectivity index (χ1) is 13.3. The summed E-state index contributed by atoms with van der Waals surface area (Å²) in [6.45, 7) is 0. The second-order valence-electron chi connectivity index (χ2n) is 5.66. The summed E-state index contributed by atoms with van der Waals surface area (Å²) in [5, 5.41) is 2.75. The number of amides is 4. The van der Waals surface area contributed by atoms with Crippen LogP contribution in [-0.4, -0.2) is 30.9 Å². The third-order valence-corrected chi connectivity index (χ3v) is 4.47. The Hall–Kier alpha value is -3.16. The van der Waals surface area contributed by atoms with Gasteiger partial charge in [-0.3, -0.25) is 14.9 Å². The molecular formula is C19H12Cl2N2O5. The molecule has 1 fully saturated rings. The summed E-state index contributed by atoms with van der Waals surface area (Å²) < 4.78 is 4.61. The Bertz CT molecular complexity index is 1030. The first-order valence-corrected chi connectivity index (χ1v) is 8.62. The van der Waals surface area contributed by atoms with Gasteiger partial charge in [0.25, 0.3) is 11.8 Å². The normalized spacial score (nSPS) is 15.6. The van der Waals surface area contributed by atoms with Crippen molar-refractivity contribution in [3.05, 3.63) is 69.2 Å². The lowest BCUT2D eigenvalue weighted by Crippen LogP contribution is -2.54. The van der Waals surface area contributed by atoms with E-state index in [1.165, 1.54) is 43.5 Å². The van der Waals surface area contributed by atoms with E-state index in [4.69, 9.17) is 23.2 Å². The molecule has 28 heavy (non-hydrogen) atoms. The van der Waals surface area contributed by atoms with Gasteiger partial charge in [0.05, 0.1) is 18.4 Å². The minimum Gasteiger partial charge on any atom is -0.465 e. The smallest absolute Gasteiger partial charge is 0.337 e. The minimum atomic E-state index is -0.903. The summed E-state index contributed by atoms with van der Waals surface area (Å²) in [5.41, 5.74) is 0.535. The highest BCUT2D eigenvalue weighted by atomic mass is 35.5. The molecule has 0 aliphatic carbocycles. The standard InChI is InChI=1S/C19H12Cl2N2O5/c1-28-18(26)10-3-6-13(7-4-10)23-17(25)14(16(24)22-19(23)27)8-11-2-5-12(20)9-15(11)21/h2-9H,1H3,(H,22,24,27)/b14-8+. The Kier molecular flexibility index (Phi) is 5.48. The van der Waals surface area contributed by atoms with E-state index in [0.29, 0.717) is 10.6 Å². The minimum absolute atomic E-state index is 0.177. The maximum Gasteiger partial charge on any atom is 0.337 e. The van der Waals surface area contributed by atoms with Crippen LogP contribution in [0.4, 0.5) is 10.5 Å². The molecule has 1 aliphatic rings. The number of benzene rings is 2. The molecule has 9 heteroatoms. The molecule has 7 nitrogen and oxygen atoms in total. The quantitative estimate of drug-likeness (QED) is 0.468. The molecular weight excluding hydrogens is 407 g/mol. The van der Waals surface area contributed by atoms with E-state index in [0.717, 1.165) is 4.90 Å². The topological polar surface area (TPSA) is 92.8 Å². The van der Waals surface area contributed by atoms with Crippen LogP contribution in [0, 0.1) is 0 Å². The number of barbiturate groups is 1. The predicted octanol–water partition coefficient (Wildman–Crippen LogP) is 3.45. The summed E-state index contributed by atoms with van der Waals surface area (Å²) >= 11 is 11.9. The van der Waals surface area contributed by atoms with Gasteiger partial charge in [-0.2, -0.15) is 0 Å². The Labute approximate surface area is 169 Å². The zero-order chi connectivity index (χ0) is 20.4. The molecule has 4 amide bonds. The molecule has 0 atom stereocenters. The van der Waals surface area contributed by atoms with Crippen molar-refractivity contribution in [2.75, 3.05) is 12.0 Å². The maximum atomic E-state index is 12.8. The lowest BCUT2D eigenvalue weighted by atomic mass is 10.1. The zero-order valence-electron chi connectivity index (χ0n) is 14.4. The van der Waals surface area contributed by atoms with Crippen LogP contribution >= 0.6 is 23.2 Å². The lowest BCUT2D eigenvalue weighted by molar-refractivity contribution is -0.122. The molecule has 1 saturated heterocycles. The number of ether oxygens (including phenoxy) is 1. The number of hydrogen-bond acceptors (Lipinski definition) is 5. The fourth-order valence-electron chi connectivity index (χ4n) is 2.53. The Morgan fingerprint density at radius 3 is 2.36 bits per heavy atom. The van der Waals surface area contributed by atoms with Crippen molar-refractivity contribution in [3.8, 4) is 0 Å². The molecule has 1 aliphatic heterocycles. The number of halogens is 2. The van der Waals surface area contributed by atoms with E-state index in [1.807, 2.05) is 0 Å². The number of esters is 1. The second-order valence-corrected chi connectivity index (χ2v) is 6.51. The van der Waals surface area contributed by atoms with Gasteiger partial charge in [-0.1, -0.05) is 29.3 Å². The molecule has 0 saturated carbocycles. The van der Waals surface area contributed by atoms with E-state index in [-0.39, 0.29) is 21.8 Å². The molecule has 2 aromatic carbocycles. The summed E-state index contributed by atoms with van der Waals surface area (Å²) in [5.74, 6) is -2.23. The summed E-state index contributed by atoms with van der Waals surface area (Å²) in [6, 6.07) is 9.26. The molecule has 0 radical (unpaired) electrons. The van der Waals surface area contributed by atoms with Crippen molar-refractivity contribution in [1.29, 1.82) is 0 Å². The van der Waals surface area contributed by atoms with E-state index in [1.54, 1.807) is 12.1 Å². The largest absolute Gasteiger partial charge is 0.465 e. The van der Waals surface area contributed by atoms with E-state index >= 15 is 0 Å². The predicted molar refractivity (Wildman–Crippen MR) is 103 cm³/mol. The first kappa shape index (κ1) is 19.6. The van der Waals surface area contributed by atoms with E-state index < -0.39 is 23.8 Å². The van der Waals surface area contributed by atoms with Crippen LogP contribution in [0.1, 0.15) is 15.9 Å². The second kappa shape index (κ2) is 7.84. The highest BCUT2D eigenvalue weighted by Crippen LogP contribution is 2.26. The number of anilines is 1. The molecule has 3 rings (SSSR count). The van der Waals surface area contributed by atoms with Gasteiger partial charge in [0.15, 0.2) is 0 Å². The van der Waals surface area contributed by atoms with Crippen molar-refractivity contribution >= 4 is 58.8 Å². The third-order valence-electron chi connectivity index (χ3n) is 3.91. The molecule has 142 valence electrons. The van der Waals surface area contributed by atoms with Crippen LogP contribution in [0.5, 0.6) is 0 Å². The molecule has 2 aromatic rings. The highest BCUT2D eigenvalue weighted by molar-refractivity contribution is 6.40. The average Bonchev–Trinajstić information content (AvgIpc) is 2.66. The Balaban J connectivity index is 1.98. The summed E-state index contributed by atoms with van der Waals surface area (Å²) in [4.78, 5) is 49.5. The van der Waals surface area contributed by atoms with Crippen LogP contribution in [0.15, 0.2) is 48.0 Å². The van der Waals surface area contributed by atoms with Gasteiger partial charge in [0.1, 0.15) is 5.57 Å². The van der Waals surface area contributed by atoms with Crippen LogP contribution in [0.2, 0.25) is 10.0 Å². The van der Waals surface area contributed by atoms with Gasteiger partial charge >= 0.3 is 12.0 Å². The lowest BCUT2D eigenvalue weighted by Gasteiger charge is -2.26. The van der Waals surface area contributed by atoms with Crippen LogP contribution in [-0.2, 0) is 14.3 Å². The highest BCUT2D eigenvalue weighted by Gasteiger charge is 2.37. The molecule has 0 unspecified atom stereocenters. The van der Waals surface area contributed by atoms with Gasteiger partial charge in [-0.25, -0.2) is 14.5 Å². The van der Waals surface area contributed by atoms with Crippen molar-refractivity contribution in [1.82, 2.24) is 5.32 Å². The first-order valence-electron chi connectivity index (χ1n) is 7.86. The van der Waals surface area contributed by atoms with Gasteiger partial charge in [-0.05, 0) is 48.0 Å². The van der Waals surface area contributed by atoms with Crippen LogP contribution in [0.3, 0.4) is 0 Å². The number of rotatable bonds is 3. The van der Waals surface area contributed by atoms with Crippen molar-refractivity contribution < 1.29 is 23.9 Å². The van der Waals surface area contributed by atoms with Crippen molar-refractivity contribution in [2.24, 2.45) is 0 Å². The Morgan fingerprint density at radius 1 is 1.07 bits per heavy atom. The SMILES string of the molecule is COC(=O)c1ccc(N2C(=O)NC(=O)/C(=C\c3ccc(Cl)cc3Cl)C2=O)cc1. The van der Waals surface area contributed by atoms with Crippen LogP contribution in [0.25, 0.3) is 6.08 Å². The average molecular weight is 419 g/mol. The van der Waals surface area contributed by atoms with Crippen LogP contribution < -0.4 is 10.2 Å².